The molecule has 1 fully saturated rings. The van der Waals surface area contributed by atoms with E-state index in [1.165, 1.54) is 5.56 Å². The molecule has 2 aromatic rings. The molecule has 6 nitrogen and oxygen atoms in total. The molecular formula is C20H26ClN5O. The van der Waals surface area contributed by atoms with E-state index in [1.807, 2.05) is 11.0 Å². The monoisotopic (exact) mass is 387 g/mol. The van der Waals surface area contributed by atoms with Crippen LogP contribution in [0.3, 0.4) is 0 Å². The molecule has 1 saturated heterocycles. The SMILES string of the molecule is Cl.N=C(N)c1ccc(CNC(=O)N2CCC(Cc3ccccc3)CC2)nc1. The number of amides is 2. The van der Waals surface area contributed by atoms with Crippen LogP contribution >= 0.6 is 12.4 Å². The molecule has 1 aliphatic rings. The second-order valence-electron chi connectivity index (χ2n) is 6.73. The number of carbonyl (C=O) groups is 1. The van der Waals surface area contributed by atoms with Gasteiger partial charge >= 0.3 is 6.03 Å². The van der Waals surface area contributed by atoms with E-state index in [0.29, 0.717) is 18.0 Å². The second kappa shape index (κ2) is 9.92. The molecule has 144 valence electrons. The molecular weight excluding hydrogens is 362 g/mol. The Morgan fingerprint density at radius 2 is 1.89 bits per heavy atom. The Hall–Kier alpha value is -2.60. The van der Waals surface area contributed by atoms with Crippen molar-refractivity contribution in [3.05, 3.63) is 65.5 Å². The van der Waals surface area contributed by atoms with E-state index >= 15 is 0 Å². The number of amidine groups is 1. The molecule has 1 aromatic heterocycles. The fourth-order valence-electron chi connectivity index (χ4n) is 3.25. The number of nitrogen functional groups attached to an aromatic ring is 1. The average molecular weight is 388 g/mol. The maximum Gasteiger partial charge on any atom is 0.317 e. The summed E-state index contributed by atoms with van der Waals surface area (Å²) in [6.07, 6.45) is 4.71. The third-order valence-electron chi connectivity index (χ3n) is 4.83. The Morgan fingerprint density at radius 1 is 1.19 bits per heavy atom. The number of nitrogens with one attached hydrogen (secondary N) is 2. The number of carbonyl (C=O) groups excluding carboxylic acids is 1. The molecule has 0 unspecified atom stereocenters. The summed E-state index contributed by atoms with van der Waals surface area (Å²) in [5, 5.41) is 10.3. The van der Waals surface area contributed by atoms with Crippen LogP contribution in [0.4, 0.5) is 4.79 Å². The van der Waals surface area contributed by atoms with E-state index in [2.05, 4.69) is 34.6 Å². The lowest BCUT2D eigenvalue weighted by Crippen LogP contribution is -2.44. The van der Waals surface area contributed by atoms with Crippen LogP contribution in [0.15, 0.2) is 48.7 Å². The third kappa shape index (κ3) is 5.96. The molecule has 0 saturated carbocycles. The van der Waals surface area contributed by atoms with Crippen LogP contribution < -0.4 is 11.1 Å². The lowest BCUT2D eigenvalue weighted by molar-refractivity contribution is 0.170. The number of rotatable bonds is 5. The number of hydrogen-bond acceptors (Lipinski definition) is 3. The number of aromatic nitrogens is 1. The Kier molecular flexibility index (Phi) is 7.61. The predicted molar refractivity (Wildman–Crippen MR) is 109 cm³/mol. The lowest BCUT2D eigenvalue weighted by atomic mass is 9.90. The van der Waals surface area contributed by atoms with Gasteiger partial charge in [0.1, 0.15) is 5.84 Å². The minimum absolute atomic E-state index is 0. The first-order chi connectivity index (χ1) is 12.6. The largest absolute Gasteiger partial charge is 0.384 e. The van der Waals surface area contributed by atoms with Crippen molar-refractivity contribution in [1.29, 1.82) is 5.41 Å². The van der Waals surface area contributed by atoms with Crippen molar-refractivity contribution >= 4 is 24.3 Å². The van der Waals surface area contributed by atoms with Gasteiger partial charge in [-0.15, -0.1) is 12.4 Å². The van der Waals surface area contributed by atoms with Gasteiger partial charge in [-0.3, -0.25) is 10.4 Å². The zero-order valence-corrected chi connectivity index (χ0v) is 16.0. The van der Waals surface area contributed by atoms with Gasteiger partial charge in [0.2, 0.25) is 0 Å². The molecule has 27 heavy (non-hydrogen) atoms. The minimum Gasteiger partial charge on any atom is -0.384 e. The highest BCUT2D eigenvalue weighted by Crippen LogP contribution is 2.21. The lowest BCUT2D eigenvalue weighted by Gasteiger charge is -2.32. The summed E-state index contributed by atoms with van der Waals surface area (Å²) >= 11 is 0. The third-order valence-corrected chi connectivity index (χ3v) is 4.83. The summed E-state index contributed by atoms with van der Waals surface area (Å²) < 4.78 is 0. The van der Waals surface area contributed by atoms with Gasteiger partial charge in [0.15, 0.2) is 0 Å². The number of likely N-dealkylation sites (tertiary alicyclic amines) is 1. The predicted octanol–water partition coefficient (Wildman–Crippen LogP) is 2.95. The van der Waals surface area contributed by atoms with E-state index in [4.69, 9.17) is 11.1 Å². The van der Waals surface area contributed by atoms with E-state index in [9.17, 15) is 4.79 Å². The number of nitrogens with zero attached hydrogens (tertiary/aromatic N) is 2. The molecule has 1 aliphatic heterocycles. The summed E-state index contributed by atoms with van der Waals surface area (Å²) in [5.74, 6) is 0.633. The fourth-order valence-corrected chi connectivity index (χ4v) is 3.25. The molecule has 0 spiro atoms. The molecule has 0 aliphatic carbocycles. The van der Waals surface area contributed by atoms with Crippen LogP contribution in [0, 0.1) is 11.3 Å². The number of halogens is 1. The summed E-state index contributed by atoms with van der Waals surface area (Å²) in [5.41, 5.74) is 8.12. The van der Waals surface area contributed by atoms with E-state index in [-0.39, 0.29) is 24.3 Å². The molecule has 1 aromatic carbocycles. The molecule has 3 rings (SSSR count). The molecule has 2 heterocycles. The van der Waals surface area contributed by atoms with Crippen LogP contribution in [0.1, 0.15) is 29.7 Å². The number of nitrogens with two attached hydrogens (primary N) is 1. The van der Waals surface area contributed by atoms with Crippen molar-refractivity contribution in [1.82, 2.24) is 15.2 Å². The highest BCUT2D eigenvalue weighted by atomic mass is 35.5. The van der Waals surface area contributed by atoms with Gasteiger partial charge in [0.25, 0.3) is 0 Å². The van der Waals surface area contributed by atoms with Crippen molar-refractivity contribution < 1.29 is 4.79 Å². The number of hydrogen-bond donors (Lipinski definition) is 3. The van der Waals surface area contributed by atoms with Crippen LogP contribution in [0.5, 0.6) is 0 Å². The van der Waals surface area contributed by atoms with Crippen LogP contribution in [0.25, 0.3) is 0 Å². The van der Waals surface area contributed by atoms with Crippen molar-refractivity contribution in [2.24, 2.45) is 11.7 Å². The van der Waals surface area contributed by atoms with E-state index < -0.39 is 0 Å². The van der Waals surface area contributed by atoms with E-state index in [0.717, 1.165) is 38.0 Å². The van der Waals surface area contributed by atoms with Gasteiger partial charge in [-0.05, 0) is 42.9 Å². The number of benzene rings is 1. The Balaban J connectivity index is 0.00000261. The summed E-state index contributed by atoms with van der Waals surface area (Å²) in [6, 6.07) is 14.0. The van der Waals surface area contributed by atoms with Crippen molar-refractivity contribution in [2.75, 3.05) is 13.1 Å². The average Bonchev–Trinajstić information content (AvgIpc) is 2.68. The van der Waals surface area contributed by atoms with Crippen molar-refractivity contribution in [3.8, 4) is 0 Å². The van der Waals surface area contributed by atoms with Crippen molar-refractivity contribution in [3.63, 3.8) is 0 Å². The molecule has 7 heteroatoms. The molecule has 0 radical (unpaired) electrons. The van der Waals surface area contributed by atoms with E-state index in [1.54, 1.807) is 18.3 Å². The van der Waals surface area contributed by atoms with Gasteiger partial charge < -0.3 is 16.0 Å². The zero-order chi connectivity index (χ0) is 18.4. The van der Waals surface area contributed by atoms with Gasteiger partial charge in [-0.25, -0.2) is 4.79 Å². The molecule has 0 bridgehead atoms. The highest BCUT2D eigenvalue weighted by Gasteiger charge is 2.22. The number of pyridine rings is 1. The van der Waals surface area contributed by atoms with Crippen LogP contribution in [-0.2, 0) is 13.0 Å². The van der Waals surface area contributed by atoms with Gasteiger partial charge in [0, 0.05) is 24.8 Å². The van der Waals surface area contributed by atoms with Crippen molar-refractivity contribution in [2.45, 2.75) is 25.8 Å². The zero-order valence-electron chi connectivity index (χ0n) is 15.2. The van der Waals surface area contributed by atoms with Crippen LogP contribution in [0.2, 0.25) is 0 Å². The first-order valence-corrected chi connectivity index (χ1v) is 8.98. The smallest absolute Gasteiger partial charge is 0.317 e. The summed E-state index contributed by atoms with van der Waals surface area (Å²) in [6.45, 7) is 1.96. The van der Waals surface area contributed by atoms with Gasteiger partial charge in [-0.1, -0.05) is 30.3 Å². The Bertz CT molecular complexity index is 743. The van der Waals surface area contributed by atoms with Crippen LogP contribution in [-0.4, -0.2) is 34.8 Å². The fraction of sp³-hybridized carbons (Fsp3) is 0.350. The molecule has 4 N–H and O–H groups in total. The number of piperidine rings is 1. The standard InChI is InChI=1S/C20H25N5O.ClH/c21-19(22)17-6-7-18(23-13-17)14-24-20(26)25-10-8-16(9-11-25)12-15-4-2-1-3-5-15;/h1-7,13,16H,8-12,14H2,(H3,21,22)(H,24,26);1H. The molecule has 0 atom stereocenters. The van der Waals surface area contributed by atoms with Gasteiger partial charge in [0.05, 0.1) is 12.2 Å². The van der Waals surface area contributed by atoms with Gasteiger partial charge in [-0.2, -0.15) is 0 Å². The Morgan fingerprint density at radius 3 is 2.48 bits per heavy atom. The summed E-state index contributed by atoms with van der Waals surface area (Å²) in [4.78, 5) is 18.4. The first kappa shape index (κ1) is 20.7. The second-order valence-corrected chi connectivity index (χ2v) is 6.73. The Labute approximate surface area is 166 Å². The first-order valence-electron chi connectivity index (χ1n) is 8.98. The molecule has 2 amide bonds. The summed E-state index contributed by atoms with van der Waals surface area (Å²) in [7, 11) is 0. The topological polar surface area (TPSA) is 95.1 Å². The quantitative estimate of drug-likeness (QED) is 0.543. The highest BCUT2D eigenvalue weighted by molar-refractivity contribution is 5.94. The number of urea groups is 1. The normalized spacial score (nSPS) is 14.3. The maximum absolute atomic E-state index is 12.3. The minimum atomic E-state index is -0.0411. The maximum atomic E-state index is 12.3.